The normalized spacial score (nSPS) is 17.3. The minimum atomic E-state index is -0.794. The molecule has 0 aromatic heterocycles. The van der Waals surface area contributed by atoms with Crippen LogP contribution in [0.5, 0.6) is 5.75 Å². The molecule has 0 unspecified atom stereocenters. The molecule has 1 aromatic rings. The SMILES string of the molecule is COC(=O)c1cc([C@@H](O)CN)ccc1OC1CCCCC1. The minimum Gasteiger partial charge on any atom is -0.490 e. The maximum Gasteiger partial charge on any atom is 0.341 e. The van der Waals surface area contributed by atoms with Crippen molar-refractivity contribution >= 4 is 5.97 Å². The second-order valence-electron chi connectivity index (χ2n) is 5.38. The van der Waals surface area contributed by atoms with Gasteiger partial charge in [-0.1, -0.05) is 12.5 Å². The van der Waals surface area contributed by atoms with Crippen LogP contribution in [0.25, 0.3) is 0 Å². The number of aliphatic hydroxyl groups is 1. The molecule has 5 heteroatoms. The third-order valence-electron chi connectivity index (χ3n) is 3.86. The van der Waals surface area contributed by atoms with Crippen LogP contribution in [0.1, 0.15) is 54.1 Å². The van der Waals surface area contributed by atoms with Gasteiger partial charge in [-0.2, -0.15) is 0 Å². The lowest BCUT2D eigenvalue weighted by Gasteiger charge is -2.24. The molecule has 116 valence electrons. The van der Waals surface area contributed by atoms with E-state index in [1.165, 1.54) is 13.5 Å². The number of esters is 1. The zero-order valence-corrected chi connectivity index (χ0v) is 12.4. The van der Waals surface area contributed by atoms with Crippen LogP contribution in [-0.2, 0) is 4.74 Å². The highest BCUT2D eigenvalue weighted by molar-refractivity contribution is 5.92. The van der Waals surface area contributed by atoms with E-state index >= 15 is 0 Å². The number of nitrogens with two attached hydrogens (primary N) is 1. The standard InChI is InChI=1S/C16H23NO4/c1-20-16(19)13-9-11(14(18)10-17)7-8-15(13)21-12-5-3-2-4-6-12/h7-9,12,14,18H,2-6,10,17H2,1H3/t14-/m0/s1. The van der Waals surface area contributed by atoms with Crippen molar-refractivity contribution in [2.75, 3.05) is 13.7 Å². The minimum absolute atomic E-state index is 0.101. The van der Waals surface area contributed by atoms with Crippen molar-refractivity contribution in [3.05, 3.63) is 29.3 Å². The molecular weight excluding hydrogens is 270 g/mol. The van der Waals surface area contributed by atoms with E-state index in [0.29, 0.717) is 16.9 Å². The Morgan fingerprint density at radius 1 is 1.38 bits per heavy atom. The molecule has 5 nitrogen and oxygen atoms in total. The van der Waals surface area contributed by atoms with E-state index in [0.717, 1.165) is 25.7 Å². The first-order chi connectivity index (χ1) is 10.2. The van der Waals surface area contributed by atoms with Gasteiger partial charge in [0.1, 0.15) is 11.3 Å². The van der Waals surface area contributed by atoms with Crippen molar-refractivity contribution < 1.29 is 19.4 Å². The van der Waals surface area contributed by atoms with Gasteiger partial charge in [0.15, 0.2) is 0 Å². The maximum atomic E-state index is 11.9. The molecule has 1 aliphatic rings. The number of hydrogen-bond donors (Lipinski definition) is 2. The van der Waals surface area contributed by atoms with Crippen LogP contribution >= 0.6 is 0 Å². The molecule has 0 amide bonds. The maximum absolute atomic E-state index is 11.9. The van der Waals surface area contributed by atoms with Crippen LogP contribution in [0.4, 0.5) is 0 Å². The van der Waals surface area contributed by atoms with Gasteiger partial charge in [-0.05, 0) is 43.4 Å². The molecule has 1 aliphatic carbocycles. The lowest BCUT2D eigenvalue weighted by atomic mass is 9.97. The molecule has 2 rings (SSSR count). The Bertz CT molecular complexity index is 483. The Morgan fingerprint density at radius 3 is 2.71 bits per heavy atom. The summed E-state index contributed by atoms with van der Waals surface area (Å²) in [7, 11) is 1.33. The summed E-state index contributed by atoms with van der Waals surface area (Å²) in [5.41, 5.74) is 6.39. The van der Waals surface area contributed by atoms with Gasteiger partial charge in [-0.3, -0.25) is 0 Å². The molecule has 21 heavy (non-hydrogen) atoms. The number of carbonyl (C=O) groups excluding carboxylic acids is 1. The van der Waals surface area contributed by atoms with Gasteiger partial charge in [-0.15, -0.1) is 0 Å². The van der Waals surface area contributed by atoms with Crippen LogP contribution in [0.15, 0.2) is 18.2 Å². The molecule has 1 aromatic carbocycles. The third-order valence-corrected chi connectivity index (χ3v) is 3.86. The average Bonchev–Trinajstić information content (AvgIpc) is 2.54. The third kappa shape index (κ3) is 3.95. The van der Waals surface area contributed by atoms with Gasteiger partial charge in [0.05, 0.1) is 19.3 Å². The van der Waals surface area contributed by atoms with Gasteiger partial charge >= 0.3 is 5.97 Å². The highest BCUT2D eigenvalue weighted by Gasteiger charge is 2.21. The summed E-state index contributed by atoms with van der Waals surface area (Å²) in [6.07, 6.45) is 4.92. The summed E-state index contributed by atoms with van der Waals surface area (Å²) in [5, 5.41) is 9.80. The van der Waals surface area contributed by atoms with E-state index in [2.05, 4.69) is 0 Å². The van der Waals surface area contributed by atoms with Gasteiger partial charge in [-0.25, -0.2) is 4.79 Å². The zero-order valence-electron chi connectivity index (χ0n) is 12.4. The number of ether oxygens (including phenoxy) is 2. The van der Waals surface area contributed by atoms with E-state index in [1.54, 1.807) is 18.2 Å². The molecule has 0 heterocycles. The zero-order chi connectivity index (χ0) is 15.2. The highest BCUT2D eigenvalue weighted by Crippen LogP contribution is 2.28. The first-order valence-corrected chi connectivity index (χ1v) is 7.42. The van der Waals surface area contributed by atoms with Crippen LogP contribution in [-0.4, -0.2) is 30.8 Å². The molecule has 0 radical (unpaired) electrons. The molecule has 3 N–H and O–H groups in total. The molecule has 0 spiro atoms. The Labute approximate surface area is 125 Å². The summed E-state index contributed by atoms with van der Waals surface area (Å²) in [5.74, 6) is 0.0496. The Morgan fingerprint density at radius 2 is 2.10 bits per heavy atom. The first-order valence-electron chi connectivity index (χ1n) is 7.42. The van der Waals surface area contributed by atoms with Crippen LogP contribution in [0.2, 0.25) is 0 Å². The number of aliphatic hydroxyl groups excluding tert-OH is 1. The smallest absolute Gasteiger partial charge is 0.341 e. The highest BCUT2D eigenvalue weighted by atomic mass is 16.5. The van der Waals surface area contributed by atoms with E-state index < -0.39 is 12.1 Å². The lowest BCUT2D eigenvalue weighted by Crippen LogP contribution is -2.21. The summed E-state index contributed by atoms with van der Waals surface area (Å²) >= 11 is 0. The quantitative estimate of drug-likeness (QED) is 0.813. The van der Waals surface area contributed by atoms with Crippen LogP contribution in [0.3, 0.4) is 0 Å². The van der Waals surface area contributed by atoms with Crippen molar-refractivity contribution in [2.24, 2.45) is 5.73 Å². The van der Waals surface area contributed by atoms with Crippen molar-refractivity contribution in [1.82, 2.24) is 0 Å². The van der Waals surface area contributed by atoms with Crippen LogP contribution < -0.4 is 10.5 Å². The van der Waals surface area contributed by atoms with E-state index in [9.17, 15) is 9.90 Å². The van der Waals surface area contributed by atoms with Gasteiger partial charge in [0.2, 0.25) is 0 Å². The Hall–Kier alpha value is -1.59. The van der Waals surface area contributed by atoms with E-state index in [-0.39, 0.29) is 12.6 Å². The van der Waals surface area contributed by atoms with Crippen molar-refractivity contribution in [1.29, 1.82) is 0 Å². The van der Waals surface area contributed by atoms with Gasteiger partial charge < -0.3 is 20.3 Å². The molecule has 0 aliphatic heterocycles. The molecule has 1 fully saturated rings. The predicted molar refractivity (Wildman–Crippen MR) is 79.3 cm³/mol. The predicted octanol–water partition coefficient (Wildman–Crippen LogP) is 2.18. The molecule has 1 saturated carbocycles. The van der Waals surface area contributed by atoms with Gasteiger partial charge in [0, 0.05) is 6.54 Å². The summed E-state index contributed by atoms with van der Waals surface area (Å²) in [6.45, 7) is 0.101. The fourth-order valence-electron chi connectivity index (χ4n) is 2.63. The first kappa shape index (κ1) is 15.8. The fraction of sp³-hybridized carbons (Fsp3) is 0.562. The number of benzene rings is 1. The topological polar surface area (TPSA) is 81.8 Å². The van der Waals surface area contributed by atoms with E-state index in [4.69, 9.17) is 15.2 Å². The lowest BCUT2D eigenvalue weighted by molar-refractivity contribution is 0.0590. The average molecular weight is 293 g/mol. The number of rotatable bonds is 5. The number of hydrogen-bond acceptors (Lipinski definition) is 5. The van der Waals surface area contributed by atoms with Crippen molar-refractivity contribution in [2.45, 2.75) is 44.3 Å². The number of methoxy groups -OCH3 is 1. The number of carbonyl (C=O) groups is 1. The largest absolute Gasteiger partial charge is 0.490 e. The fourth-order valence-corrected chi connectivity index (χ4v) is 2.63. The summed E-state index contributed by atoms with van der Waals surface area (Å²) in [4.78, 5) is 11.9. The molecule has 0 bridgehead atoms. The molecule has 1 atom stereocenters. The summed E-state index contributed by atoms with van der Waals surface area (Å²) in [6, 6.07) is 5.05. The van der Waals surface area contributed by atoms with Crippen molar-refractivity contribution in [3.8, 4) is 5.75 Å². The molecular formula is C16H23NO4. The molecule has 0 saturated heterocycles. The second-order valence-corrected chi connectivity index (χ2v) is 5.38. The van der Waals surface area contributed by atoms with Crippen molar-refractivity contribution in [3.63, 3.8) is 0 Å². The van der Waals surface area contributed by atoms with Crippen LogP contribution in [0, 0.1) is 0 Å². The Balaban J connectivity index is 2.24. The second kappa shape index (κ2) is 7.43. The Kier molecular flexibility index (Phi) is 5.59. The monoisotopic (exact) mass is 293 g/mol. The van der Waals surface area contributed by atoms with E-state index in [1.807, 2.05) is 0 Å². The van der Waals surface area contributed by atoms with Gasteiger partial charge in [0.25, 0.3) is 0 Å². The summed E-state index contributed by atoms with van der Waals surface area (Å²) < 4.78 is 10.8.